The molecule has 1 amide bonds. The minimum Gasteiger partial charge on any atom is -0.384 e. The van der Waals surface area contributed by atoms with Crippen LogP contribution in [0.3, 0.4) is 0 Å². The van der Waals surface area contributed by atoms with Gasteiger partial charge in [-0.05, 0) is 26.2 Å². The maximum absolute atomic E-state index is 12.1. The van der Waals surface area contributed by atoms with Crippen molar-refractivity contribution in [1.82, 2.24) is 14.7 Å². The SMILES string of the molecule is CCn1nc(C(=O)N2CCCCC2)cc1N. The van der Waals surface area contributed by atoms with E-state index in [9.17, 15) is 4.79 Å². The summed E-state index contributed by atoms with van der Waals surface area (Å²) in [6.07, 6.45) is 3.40. The van der Waals surface area contributed by atoms with Gasteiger partial charge in [0.15, 0.2) is 5.69 Å². The monoisotopic (exact) mass is 222 g/mol. The molecular formula is C11H18N4O. The number of piperidine rings is 1. The Hall–Kier alpha value is -1.52. The lowest BCUT2D eigenvalue weighted by Crippen LogP contribution is -2.35. The highest BCUT2D eigenvalue weighted by molar-refractivity contribution is 5.93. The van der Waals surface area contributed by atoms with E-state index in [1.54, 1.807) is 10.7 Å². The Balaban J connectivity index is 2.13. The second kappa shape index (κ2) is 4.55. The average molecular weight is 222 g/mol. The summed E-state index contributed by atoms with van der Waals surface area (Å²) in [5.41, 5.74) is 6.22. The van der Waals surface area contributed by atoms with Gasteiger partial charge in [0.25, 0.3) is 5.91 Å². The number of likely N-dealkylation sites (tertiary alicyclic amines) is 1. The van der Waals surface area contributed by atoms with Gasteiger partial charge in [-0.15, -0.1) is 0 Å². The van der Waals surface area contributed by atoms with Gasteiger partial charge in [0.2, 0.25) is 0 Å². The Morgan fingerprint density at radius 1 is 1.44 bits per heavy atom. The third-order valence-electron chi connectivity index (χ3n) is 2.97. The highest BCUT2D eigenvalue weighted by Crippen LogP contribution is 2.14. The smallest absolute Gasteiger partial charge is 0.274 e. The van der Waals surface area contributed by atoms with Crippen LogP contribution >= 0.6 is 0 Å². The number of aryl methyl sites for hydroxylation is 1. The molecule has 1 aliphatic heterocycles. The fraction of sp³-hybridized carbons (Fsp3) is 0.636. The minimum absolute atomic E-state index is 0.0126. The van der Waals surface area contributed by atoms with Gasteiger partial charge in [-0.1, -0.05) is 0 Å². The Bertz CT molecular complexity index is 379. The van der Waals surface area contributed by atoms with Gasteiger partial charge in [0.05, 0.1) is 0 Å². The summed E-state index contributed by atoms with van der Waals surface area (Å²) in [7, 11) is 0. The molecule has 0 atom stereocenters. The standard InChI is InChI=1S/C11H18N4O/c1-2-15-10(12)8-9(13-15)11(16)14-6-4-3-5-7-14/h8H,2-7,12H2,1H3. The van der Waals surface area contributed by atoms with Crippen molar-refractivity contribution in [3.8, 4) is 0 Å². The number of nitrogen functional groups attached to an aromatic ring is 1. The second-order valence-corrected chi connectivity index (χ2v) is 4.12. The molecule has 1 fully saturated rings. The summed E-state index contributed by atoms with van der Waals surface area (Å²) < 4.78 is 1.65. The number of carbonyl (C=O) groups excluding carboxylic acids is 1. The summed E-state index contributed by atoms with van der Waals surface area (Å²) in [4.78, 5) is 13.9. The Morgan fingerprint density at radius 3 is 2.69 bits per heavy atom. The molecule has 0 bridgehead atoms. The van der Waals surface area contributed by atoms with Crippen molar-refractivity contribution < 1.29 is 4.79 Å². The van der Waals surface area contributed by atoms with Crippen LogP contribution in [-0.2, 0) is 6.54 Å². The Kier molecular flexibility index (Phi) is 3.12. The van der Waals surface area contributed by atoms with Gasteiger partial charge in [-0.25, -0.2) is 4.68 Å². The fourth-order valence-electron chi connectivity index (χ4n) is 2.05. The molecule has 5 heteroatoms. The lowest BCUT2D eigenvalue weighted by atomic mass is 10.1. The molecule has 0 spiro atoms. The first-order valence-corrected chi connectivity index (χ1v) is 5.85. The molecule has 0 aliphatic carbocycles. The molecule has 2 rings (SSSR count). The van der Waals surface area contributed by atoms with E-state index in [0.717, 1.165) is 25.9 Å². The molecule has 88 valence electrons. The van der Waals surface area contributed by atoms with Gasteiger partial charge in [0.1, 0.15) is 5.82 Å². The summed E-state index contributed by atoms with van der Waals surface area (Å²) in [6, 6.07) is 1.67. The number of anilines is 1. The van der Waals surface area contributed by atoms with Crippen molar-refractivity contribution in [2.75, 3.05) is 18.8 Å². The van der Waals surface area contributed by atoms with Crippen molar-refractivity contribution in [2.24, 2.45) is 0 Å². The van der Waals surface area contributed by atoms with E-state index < -0.39 is 0 Å². The van der Waals surface area contributed by atoms with Crippen LogP contribution in [0.15, 0.2) is 6.07 Å². The van der Waals surface area contributed by atoms with Crippen LogP contribution in [0.1, 0.15) is 36.7 Å². The van der Waals surface area contributed by atoms with Gasteiger partial charge < -0.3 is 10.6 Å². The first-order valence-electron chi connectivity index (χ1n) is 5.85. The number of carbonyl (C=O) groups is 1. The summed E-state index contributed by atoms with van der Waals surface area (Å²) in [5, 5.41) is 4.20. The minimum atomic E-state index is 0.0126. The van der Waals surface area contributed by atoms with Crippen molar-refractivity contribution in [1.29, 1.82) is 0 Å². The van der Waals surface area contributed by atoms with E-state index in [2.05, 4.69) is 5.10 Å². The summed E-state index contributed by atoms with van der Waals surface area (Å²) in [6.45, 7) is 4.34. The molecule has 1 saturated heterocycles. The van der Waals surface area contributed by atoms with Crippen LogP contribution in [0.5, 0.6) is 0 Å². The lowest BCUT2D eigenvalue weighted by molar-refractivity contribution is 0.0717. The molecule has 2 N–H and O–H groups in total. The maximum Gasteiger partial charge on any atom is 0.274 e. The first-order chi connectivity index (χ1) is 7.72. The van der Waals surface area contributed by atoms with Crippen molar-refractivity contribution in [3.05, 3.63) is 11.8 Å². The third-order valence-corrected chi connectivity index (χ3v) is 2.97. The summed E-state index contributed by atoms with van der Waals surface area (Å²) in [5.74, 6) is 0.571. The van der Waals surface area contributed by atoms with E-state index in [1.165, 1.54) is 6.42 Å². The van der Waals surface area contributed by atoms with Crippen molar-refractivity contribution in [3.63, 3.8) is 0 Å². The number of hydrogen-bond acceptors (Lipinski definition) is 3. The third kappa shape index (κ3) is 2.03. The molecule has 1 aliphatic rings. The molecule has 1 aromatic heterocycles. The van der Waals surface area contributed by atoms with Crippen LogP contribution in [0, 0.1) is 0 Å². The average Bonchev–Trinajstić information content (AvgIpc) is 2.71. The summed E-state index contributed by atoms with van der Waals surface area (Å²) >= 11 is 0. The zero-order chi connectivity index (χ0) is 11.5. The van der Waals surface area contributed by atoms with Crippen molar-refractivity contribution >= 4 is 11.7 Å². The maximum atomic E-state index is 12.1. The van der Waals surface area contributed by atoms with Gasteiger partial charge >= 0.3 is 0 Å². The largest absolute Gasteiger partial charge is 0.384 e. The first kappa shape index (κ1) is 11.0. The van der Waals surface area contributed by atoms with Crippen LogP contribution in [0.4, 0.5) is 5.82 Å². The van der Waals surface area contributed by atoms with E-state index in [1.807, 2.05) is 11.8 Å². The normalized spacial score (nSPS) is 16.4. The van der Waals surface area contributed by atoms with Gasteiger partial charge in [-0.3, -0.25) is 4.79 Å². The number of aromatic nitrogens is 2. The van der Waals surface area contributed by atoms with Crippen LogP contribution in [0.25, 0.3) is 0 Å². The zero-order valence-electron chi connectivity index (χ0n) is 9.65. The quantitative estimate of drug-likeness (QED) is 0.815. The fourth-order valence-corrected chi connectivity index (χ4v) is 2.05. The van der Waals surface area contributed by atoms with Gasteiger partial charge in [-0.2, -0.15) is 5.10 Å². The van der Waals surface area contributed by atoms with Crippen LogP contribution in [0.2, 0.25) is 0 Å². The second-order valence-electron chi connectivity index (χ2n) is 4.12. The van der Waals surface area contributed by atoms with Crippen molar-refractivity contribution in [2.45, 2.75) is 32.7 Å². The lowest BCUT2D eigenvalue weighted by Gasteiger charge is -2.25. The number of hydrogen-bond donors (Lipinski definition) is 1. The Morgan fingerprint density at radius 2 is 2.12 bits per heavy atom. The molecule has 0 aromatic carbocycles. The molecule has 16 heavy (non-hydrogen) atoms. The van der Waals surface area contributed by atoms with E-state index >= 15 is 0 Å². The molecule has 1 aromatic rings. The molecule has 2 heterocycles. The topological polar surface area (TPSA) is 64.2 Å². The van der Waals surface area contributed by atoms with Gasteiger partial charge in [0, 0.05) is 25.7 Å². The number of nitrogens with two attached hydrogens (primary N) is 1. The molecule has 0 radical (unpaired) electrons. The van der Waals surface area contributed by atoms with E-state index in [4.69, 9.17) is 5.73 Å². The Labute approximate surface area is 95.2 Å². The molecule has 5 nitrogen and oxygen atoms in total. The highest BCUT2D eigenvalue weighted by Gasteiger charge is 2.21. The molecule has 0 saturated carbocycles. The van der Waals surface area contributed by atoms with E-state index in [0.29, 0.717) is 18.1 Å². The van der Waals surface area contributed by atoms with Crippen LogP contribution in [-0.4, -0.2) is 33.7 Å². The number of amides is 1. The van der Waals surface area contributed by atoms with Crippen LogP contribution < -0.4 is 5.73 Å². The number of nitrogens with zero attached hydrogens (tertiary/aromatic N) is 3. The molecule has 0 unspecified atom stereocenters. The number of rotatable bonds is 2. The highest BCUT2D eigenvalue weighted by atomic mass is 16.2. The molecular weight excluding hydrogens is 204 g/mol. The predicted molar refractivity (Wildman–Crippen MR) is 62.1 cm³/mol. The predicted octanol–water partition coefficient (Wildman–Crippen LogP) is 1.11. The van der Waals surface area contributed by atoms with E-state index in [-0.39, 0.29) is 5.91 Å². The zero-order valence-corrected chi connectivity index (χ0v) is 9.65.